The first-order chi connectivity index (χ1) is 24.0. The highest BCUT2D eigenvalue weighted by Crippen LogP contribution is 2.22. The van der Waals surface area contributed by atoms with E-state index in [1.165, 1.54) is 103 Å². The molecule has 292 valence electrons. The van der Waals surface area contributed by atoms with E-state index in [4.69, 9.17) is 9.47 Å². The van der Waals surface area contributed by atoms with E-state index in [2.05, 4.69) is 32.6 Å². The standard InChI is InChI=1S/C43H85NO5/c1-5-9-13-17-19-23-32-40(30-21-15-11-7-3)42(46)48-38-27-25-34-44(36-29-37-45)35-26-28-39-49-43(47)41(31-22-16-12-8-4)33-24-20-18-14-10-6-2/h40-41,45H,5-39H2,1-4H3. The second-order valence-corrected chi connectivity index (χ2v) is 14.9. The van der Waals surface area contributed by atoms with Crippen molar-refractivity contribution in [3.05, 3.63) is 0 Å². The minimum atomic E-state index is 0.0203. The predicted molar refractivity (Wildman–Crippen MR) is 209 cm³/mol. The smallest absolute Gasteiger partial charge is 0.308 e. The molecule has 2 atom stereocenters. The summed E-state index contributed by atoms with van der Waals surface area (Å²) >= 11 is 0. The lowest BCUT2D eigenvalue weighted by molar-refractivity contribution is -0.150. The molecule has 49 heavy (non-hydrogen) atoms. The van der Waals surface area contributed by atoms with E-state index in [0.717, 1.165) is 103 Å². The predicted octanol–water partition coefficient (Wildman–Crippen LogP) is 12.0. The van der Waals surface area contributed by atoms with Gasteiger partial charge in [-0.3, -0.25) is 9.59 Å². The molecule has 0 aliphatic rings. The van der Waals surface area contributed by atoms with Gasteiger partial charge in [-0.1, -0.05) is 156 Å². The number of unbranched alkanes of at least 4 members (excludes halogenated alkanes) is 18. The molecule has 0 aromatic heterocycles. The summed E-state index contributed by atoms with van der Waals surface area (Å²) in [6.07, 6.45) is 33.0. The Balaban J connectivity index is 4.49. The van der Waals surface area contributed by atoms with E-state index < -0.39 is 0 Å². The Bertz CT molecular complexity index is 648. The van der Waals surface area contributed by atoms with Crippen molar-refractivity contribution >= 4 is 11.9 Å². The first-order valence-corrected chi connectivity index (χ1v) is 21.7. The van der Waals surface area contributed by atoms with Gasteiger partial charge >= 0.3 is 11.9 Å². The summed E-state index contributed by atoms with van der Waals surface area (Å²) in [6, 6.07) is 0. The summed E-state index contributed by atoms with van der Waals surface area (Å²) in [7, 11) is 0. The molecule has 0 fully saturated rings. The van der Waals surface area contributed by atoms with Gasteiger partial charge in [0.2, 0.25) is 0 Å². The van der Waals surface area contributed by atoms with Crippen molar-refractivity contribution in [2.75, 3.05) is 39.5 Å². The van der Waals surface area contributed by atoms with Gasteiger partial charge in [0.15, 0.2) is 0 Å². The zero-order valence-corrected chi connectivity index (χ0v) is 33.4. The molecule has 0 spiro atoms. The van der Waals surface area contributed by atoms with Crippen LogP contribution in [0.3, 0.4) is 0 Å². The minimum Gasteiger partial charge on any atom is -0.465 e. The molecule has 0 aromatic carbocycles. The topological polar surface area (TPSA) is 76.1 Å². The fraction of sp³-hybridized carbons (Fsp3) is 0.953. The van der Waals surface area contributed by atoms with Gasteiger partial charge in [-0.25, -0.2) is 0 Å². The summed E-state index contributed by atoms with van der Waals surface area (Å²) in [5.74, 6) is 0.161. The Morgan fingerprint density at radius 2 is 0.735 bits per heavy atom. The van der Waals surface area contributed by atoms with Crippen molar-refractivity contribution in [1.82, 2.24) is 4.90 Å². The quantitative estimate of drug-likeness (QED) is 0.0509. The zero-order valence-electron chi connectivity index (χ0n) is 33.4. The Hall–Kier alpha value is -1.14. The van der Waals surface area contributed by atoms with Gasteiger partial charge in [0.25, 0.3) is 0 Å². The van der Waals surface area contributed by atoms with Gasteiger partial charge in [0, 0.05) is 13.2 Å². The summed E-state index contributed by atoms with van der Waals surface area (Å²) in [5, 5.41) is 9.43. The summed E-state index contributed by atoms with van der Waals surface area (Å²) in [6.45, 7) is 12.9. The molecule has 0 aliphatic carbocycles. The van der Waals surface area contributed by atoms with Crippen LogP contribution in [0, 0.1) is 11.8 Å². The maximum atomic E-state index is 13.0. The van der Waals surface area contributed by atoms with Crippen LogP contribution >= 0.6 is 0 Å². The molecular formula is C43H85NO5. The van der Waals surface area contributed by atoms with Gasteiger partial charge < -0.3 is 19.5 Å². The van der Waals surface area contributed by atoms with Crippen LogP contribution in [0.5, 0.6) is 0 Å². The number of aliphatic hydroxyl groups is 1. The lowest BCUT2D eigenvalue weighted by Gasteiger charge is -2.22. The number of nitrogens with zero attached hydrogens (tertiary/aromatic N) is 1. The number of rotatable bonds is 39. The largest absolute Gasteiger partial charge is 0.465 e. The summed E-state index contributed by atoms with van der Waals surface area (Å²) in [5.41, 5.74) is 0. The van der Waals surface area contributed by atoms with Gasteiger partial charge in [-0.05, 0) is 70.9 Å². The van der Waals surface area contributed by atoms with Crippen molar-refractivity contribution in [2.24, 2.45) is 11.8 Å². The second-order valence-electron chi connectivity index (χ2n) is 14.9. The van der Waals surface area contributed by atoms with E-state index >= 15 is 0 Å². The maximum Gasteiger partial charge on any atom is 0.308 e. The first kappa shape index (κ1) is 47.9. The van der Waals surface area contributed by atoms with Crippen LogP contribution in [-0.2, 0) is 19.1 Å². The molecule has 2 unspecified atom stereocenters. The molecule has 6 nitrogen and oxygen atoms in total. The minimum absolute atomic E-state index is 0.0203. The van der Waals surface area contributed by atoms with Crippen LogP contribution in [0.25, 0.3) is 0 Å². The van der Waals surface area contributed by atoms with Gasteiger partial charge in [-0.2, -0.15) is 0 Å². The van der Waals surface area contributed by atoms with Crippen molar-refractivity contribution in [2.45, 2.75) is 214 Å². The third-order valence-electron chi connectivity index (χ3n) is 10.1. The van der Waals surface area contributed by atoms with Crippen molar-refractivity contribution in [3.63, 3.8) is 0 Å². The summed E-state index contributed by atoms with van der Waals surface area (Å²) in [4.78, 5) is 28.4. The van der Waals surface area contributed by atoms with Crippen LogP contribution < -0.4 is 0 Å². The Morgan fingerprint density at radius 3 is 1.08 bits per heavy atom. The molecule has 0 aromatic rings. The molecule has 6 heteroatoms. The summed E-state index contributed by atoms with van der Waals surface area (Å²) < 4.78 is 11.6. The van der Waals surface area contributed by atoms with Gasteiger partial charge in [0.1, 0.15) is 0 Å². The highest BCUT2D eigenvalue weighted by molar-refractivity contribution is 5.72. The van der Waals surface area contributed by atoms with E-state index in [1.807, 2.05) is 0 Å². The van der Waals surface area contributed by atoms with Crippen molar-refractivity contribution in [1.29, 1.82) is 0 Å². The Labute approximate surface area is 305 Å². The fourth-order valence-electron chi connectivity index (χ4n) is 6.82. The Morgan fingerprint density at radius 1 is 0.429 bits per heavy atom. The highest BCUT2D eigenvalue weighted by atomic mass is 16.5. The number of hydrogen-bond acceptors (Lipinski definition) is 6. The highest BCUT2D eigenvalue weighted by Gasteiger charge is 2.20. The first-order valence-electron chi connectivity index (χ1n) is 21.7. The van der Waals surface area contributed by atoms with Crippen LogP contribution in [0.15, 0.2) is 0 Å². The molecule has 0 bridgehead atoms. The third-order valence-corrected chi connectivity index (χ3v) is 10.1. The molecule has 0 saturated carbocycles. The van der Waals surface area contributed by atoms with Crippen LogP contribution in [0.1, 0.15) is 214 Å². The fourth-order valence-corrected chi connectivity index (χ4v) is 6.82. The lowest BCUT2D eigenvalue weighted by Crippen LogP contribution is -2.28. The van der Waals surface area contributed by atoms with Crippen LogP contribution in [0.4, 0.5) is 0 Å². The number of aliphatic hydroxyl groups excluding tert-OH is 1. The van der Waals surface area contributed by atoms with E-state index in [1.54, 1.807) is 0 Å². The van der Waals surface area contributed by atoms with Crippen molar-refractivity contribution < 1.29 is 24.2 Å². The number of hydrogen-bond donors (Lipinski definition) is 1. The number of carbonyl (C=O) groups is 2. The number of ether oxygens (including phenoxy) is 2. The average Bonchev–Trinajstić information content (AvgIpc) is 3.10. The molecule has 0 aliphatic heterocycles. The molecule has 0 saturated heterocycles. The number of esters is 2. The van der Waals surface area contributed by atoms with Crippen LogP contribution in [-0.4, -0.2) is 61.4 Å². The number of carbonyl (C=O) groups excluding carboxylic acids is 2. The maximum absolute atomic E-state index is 13.0. The molecule has 0 amide bonds. The normalized spacial score (nSPS) is 12.8. The van der Waals surface area contributed by atoms with E-state index in [-0.39, 0.29) is 30.4 Å². The third kappa shape index (κ3) is 31.3. The second kappa shape index (κ2) is 38.1. The van der Waals surface area contributed by atoms with Gasteiger partial charge in [-0.15, -0.1) is 0 Å². The molecule has 0 heterocycles. The van der Waals surface area contributed by atoms with Crippen LogP contribution in [0.2, 0.25) is 0 Å². The lowest BCUT2D eigenvalue weighted by atomic mass is 9.94. The molecule has 0 rings (SSSR count). The zero-order chi connectivity index (χ0) is 36.0. The SMILES string of the molecule is CCCCCCCCC(CCCCCC)C(=O)OCCCCN(CCCO)CCCCOC(=O)C(CCCCCC)CCCCCCCC. The van der Waals surface area contributed by atoms with Gasteiger partial charge in [0.05, 0.1) is 25.0 Å². The van der Waals surface area contributed by atoms with E-state index in [9.17, 15) is 14.7 Å². The van der Waals surface area contributed by atoms with E-state index in [0.29, 0.717) is 13.2 Å². The van der Waals surface area contributed by atoms with Crippen molar-refractivity contribution in [3.8, 4) is 0 Å². The molecule has 1 N–H and O–H groups in total. The molecular weight excluding hydrogens is 610 g/mol. The molecule has 0 radical (unpaired) electrons. The monoisotopic (exact) mass is 696 g/mol. The Kier molecular flexibility index (Phi) is 37.2. The average molecular weight is 696 g/mol.